The molecule has 0 saturated carbocycles. The first kappa shape index (κ1) is 23.1. The maximum absolute atomic E-state index is 13.2. The van der Waals surface area contributed by atoms with Gasteiger partial charge in [-0.05, 0) is 68.8 Å². The summed E-state index contributed by atoms with van der Waals surface area (Å²) in [5, 5.41) is 0.762. The SMILES string of the molecule is COc1ccc(/C=C/C(=O)c2cc3c(cc2OC)c(C(C)=O)c(C)n3-c2ccc(C)cc2)cc1. The highest BCUT2D eigenvalue weighted by atomic mass is 16.5. The van der Waals surface area contributed by atoms with E-state index in [0.29, 0.717) is 16.9 Å². The predicted octanol–water partition coefficient (Wildman–Crippen LogP) is 6.36. The molecule has 3 aromatic carbocycles. The number of hydrogen-bond donors (Lipinski definition) is 0. The minimum Gasteiger partial charge on any atom is -0.497 e. The molecule has 0 atom stereocenters. The molecule has 4 aromatic rings. The summed E-state index contributed by atoms with van der Waals surface area (Å²) in [6, 6.07) is 19.1. The van der Waals surface area contributed by atoms with Gasteiger partial charge in [-0.1, -0.05) is 35.9 Å². The third-order valence-electron chi connectivity index (χ3n) is 5.98. The number of Topliss-reactive ketones (excluding diaryl/α,β-unsaturated/α-hetero) is 1. The van der Waals surface area contributed by atoms with Crippen LogP contribution in [0, 0.1) is 13.8 Å². The van der Waals surface area contributed by atoms with E-state index in [0.717, 1.165) is 39.2 Å². The molecule has 1 heterocycles. The first-order valence-corrected chi connectivity index (χ1v) is 11.0. The zero-order valence-corrected chi connectivity index (χ0v) is 20.0. The number of ketones is 2. The molecule has 0 aliphatic rings. The minimum absolute atomic E-state index is 0.0334. The standard InChI is InChI=1S/C29H27NO4/c1-18-6-11-22(12-7-18)30-19(2)29(20(3)31)24-17-28(34-5)25(16-26(24)30)27(32)15-10-21-8-13-23(33-4)14-9-21/h6-17H,1-5H3/b15-10+. The number of hydrogen-bond acceptors (Lipinski definition) is 4. The van der Waals surface area contributed by atoms with Gasteiger partial charge in [-0.2, -0.15) is 0 Å². The van der Waals surface area contributed by atoms with Crippen LogP contribution in [-0.4, -0.2) is 30.4 Å². The van der Waals surface area contributed by atoms with E-state index in [2.05, 4.69) is 0 Å². The fourth-order valence-corrected chi connectivity index (χ4v) is 4.25. The number of benzene rings is 3. The van der Waals surface area contributed by atoms with Gasteiger partial charge in [-0.15, -0.1) is 0 Å². The fraction of sp³-hybridized carbons (Fsp3) is 0.172. The lowest BCUT2D eigenvalue weighted by Crippen LogP contribution is -2.01. The van der Waals surface area contributed by atoms with E-state index in [1.165, 1.54) is 13.2 Å². The summed E-state index contributed by atoms with van der Waals surface area (Å²) >= 11 is 0. The molecule has 0 amide bonds. The number of nitrogens with zero attached hydrogens (tertiary/aromatic N) is 1. The lowest BCUT2D eigenvalue weighted by atomic mass is 10.0. The van der Waals surface area contributed by atoms with Crippen molar-refractivity contribution in [2.75, 3.05) is 14.2 Å². The van der Waals surface area contributed by atoms with Gasteiger partial charge >= 0.3 is 0 Å². The number of carbonyl (C=O) groups excluding carboxylic acids is 2. The van der Waals surface area contributed by atoms with Crippen molar-refractivity contribution in [3.05, 3.63) is 94.7 Å². The van der Waals surface area contributed by atoms with Crippen LogP contribution in [0.5, 0.6) is 11.5 Å². The van der Waals surface area contributed by atoms with Gasteiger partial charge in [-0.3, -0.25) is 9.59 Å². The number of aryl methyl sites for hydroxylation is 1. The Hall–Kier alpha value is -4.12. The van der Waals surface area contributed by atoms with Gasteiger partial charge in [0.15, 0.2) is 11.6 Å². The quantitative estimate of drug-likeness (QED) is 0.241. The lowest BCUT2D eigenvalue weighted by molar-refractivity contribution is 0.101. The second-order valence-electron chi connectivity index (χ2n) is 8.23. The van der Waals surface area contributed by atoms with Crippen LogP contribution in [0.4, 0.5) is 0 Å². The third kappa shape index (κ3) is 4.25. The molecule has 172 valence electrons. The lowest BCUT2D eigenvalue weighted by Gasteiger charge is -2.11. The van der Waals surface area contributed by atoms with E-state index in [9.17, 15) is 9.59 Å². The molecular formula is C29H27NO4. The largest absolute Gasteiger partial charge is 0.497 e. The van der Waals surface area contributed by atoms with Gasteiger partial charge in [0.05, 0.1) is 25.3 Å². The number of rotatable bonds is 7. The molecule has 4 rings (SSSR count). The third-order valence-corrected chi connectivity index (χ3v) is 5.98. The van der Waals surface area contributed by atoms with Crippen molar-refractivity contribution in [2.45, 2.75) is 20.8 Å². The molecule has 0 spiro atoms. The molecule has 34 heavy (non-hydrogen) atoms. The highest BCUT2D eigenvalue weighted by Gasteiger charge is 2.22. The summed E-state index contributed by atoms with van der Waals surface area (Å²) < 4.78 is 12.8. The fourth-order valence-electron chi connectivity index (χ4n) is 4.25. The molecule has 0 aliphatic heterocycles. The van der Waals surface area contributed by atoms with Gasteiger partial charge in [0.1, 0.15) is 11.5 Å². The number of aromatic nitrogens is 1. The summed E-state index contributed by atoms with van der Waals surface area (Å²) in [7, 11) is 3.14. The van der Waals surface area contributed by atoms with E-state index in [4.69, 9.17) is 9.47 Å². The Morgan fingerprint density at radius 3 is 2.15 bits per heavy atom. The van der Waals surface area contributed by atoms with Gasteiger partial charge < -0.3 is 14.0 Å². The van der Waals surface area contributed by atoms with Crippen LogP contribution in [-0.2, 0) is 0 Å². The van der Waals surface area contributed by atoms with Crippen molar-refractivity contribution < 1.29 is 19.1 Å². The van der Waals surface area contributed by atoms with Crippen molar-refractivity contribution >= 4 is 28.5 Å². The molecule has 0 fully saturated rings. The molecule has 0 N–H and O–H groups in total. The summed E-state index contributed by atoms with van der Waals surface area (Å²) in [5.74, 6) is 0.965. The number of fused-ring (bicyclic) bond motifs is 1. The molecule has 0 radical (unpaired) electrons. The Kier molecular flexibility index (Phi) is 6.37. The van der Waals surface area contributed by atoms with Crippen LogP contribution < -0.4 is 9.47 Å². The number of carbonyl (C=O) groups is 2. The van der Waals surface area contributed by atoms with Crippen LogP contribution in [0.25, 0.3) is 22.7 Å². The highest BCUT2D eigenvalue weighted by Crippen LogP contribution is 2.35. The molecule has 0 saturated heterocycles. The van der Waals surface area contributed by atoms with E-state index in [1.807, 2.05) is 73.0 Å². The summed E-state index contributed by atoms with van der Waals surface area (Å²) in [4.78, 5) is 25.8. The summed E-state index contributed by atoms with van der Waals surface area (Å²) in [5.41, 5.74) is 5.62. The van der Waals surface area contributed by atoms with Crippen molar-refractivity contribution in [3.8, 4) is 17.2 Å². The first-order chi connectivity index (χ1) is 16.3. The van der Waals surface area contributed by atoms with Crippen LogP contribution in [0.15, 0.2) is 66.7 Å². The minimum atomic E-state index is -0.187. The maximum atomic E-state index is 13.2. The van der Waals surface area contributed by atoms with Crippen LogP contribution in [0.2, 0.25) is 0 Å². The van der Waals surface area contributed by atoms with E-state index in [1.54, 1.807) is 26.2 Å². The average molecular weight is 454 g/mol. The van der Waals surface area contributed by atoms with Crippen LogP contribution >= 0.6 is 0 Å². The predicted molar refractivity (Wildman–Crippen MR) is 136 cm³/mol. The topological polar surface area (TPSA) is 57.5 Å². The number of allylic oxidation sites excluding steroid dienone is 1. The van der Waals surface area contributed by atoms with Crippen LogP contribution in [0.1, 0.15) is 44.5 Å². The van der Waals surface area contributed by atoms with E-state index < -0.39 is 0 Å². The Labute approximate surface area is 199 Å². The van der Waals surface area contributed by atoms with Crippen LogP contribution in [0.3, 0.4) is 0 Å². The smallest absolute Gasteiger partial charge is 0.189 e. The Morgan fingerprint density at radius 1 is 0.882 bits per heavy atom. The Bertz CT molecular complexity index is 1410. The van der Waals surface area contributed by atoms with Crippen molar-refractivity contribution in [3.63, 3.8) is 0 Å². The van der Waals surface area contributed by atoms with Gasteiger partial charge in [0, 0.05) is 22.3 Å². The zero-order chi connectivity index (χ0) is 24.4. The maximum Gasteiger partial charge on any atom is 0.189 e. The summed E-state index contributed by atoms with van der Waals surface area (Å²) in [6.45, 7) is 5.51. The normalized spacial score (nSPS) is 11.2. The van der Waals surface area contributed by atoms with E-state index >= 15 is 0 Å². The monoisotopic (exact) mass is 453 g/mol. The number of ether oxygens (including phenoxy) is 2. The van der Waals surface area contributed by atoms with Gasteiger partial charge in [0.2, 0.25) is 0 Å². The molecular weight excluding hydrogens is 426 g/mol. The summed E-state index contributed by atoms with van der Waals surface area (Å²) in [6.07, 6.45) is 3.29. The molecule has 0 unspecified atom stereocenters. The molecule has 5 nitrogen and oxygen atoms in total. The Morgan fingerprint density at radius 2 is 1.56 bits per heavy atom. The second-order valence-corrected chi connectivity index (χ2v) is 8.23. The first-order valence-electron chi connectivity index (χ1n) is 11.0. The van der Waals surface area contributed by atoms with Gasteiger partial charge in [0.25, 0.3) is 0 Å². The van der Waals surface area contributed by atoms with Gasteiger partial charge in [-0.25, -0.2) is 0 Å². The average Bonchev–Trinajstić information content (AvgIpc) is 3.13. The molecule has 1 aromatic heterocycles. The van der Waals surface area contributed by atoms with E-state index in [-0.39, 0.29) is 11.6 Å². The number of methoxy groups -OCH3 is 2. The molecule has 0 bridgehead atoms. The molecule has 5 heteroatoms. The van der Waals surface area contributed by atoms with Crippen molar-refractivity contribution in [2.24, 2.45) is 0 Å². The Balaban J connectivity index is 1.86. The zero-order valence-electron chi connectivity index (χ0n) is 20.0. The van der Waals surface area contributed by atoms with Crippen molar-refractivity contribution in [1.29, 1.82) is 0 Å². The van der Waals surface area contributed by atoms with Crippen molar-refractivity contribution in [1.82, 2.24) is 4.57 Å². The molecule has 0 aliphatic carbocycles. The highest BCUT2D eigenvalue weighted by molar-refractivity contribution is 6.14. The second kappa shape index (κ2) is 9.40.